The van der Waals surface area contributed by atoms with E-state index in [0.717, 1.165) is 32.5 Å². The molecule has 1 aromatic heterocycles. The first-order valence-electron chi connectivity index (χ1n) is 13.1. The highest BCUT2D eigenvalue weighted by Gasteiger charge is 2.41. The molecule has 0 spiro atoms. The number of carbonyl (C=O) groups excluding carboxylic acids is 3. The van der Waals surface area contributed by atoms with Gasteiger partial charge in [0.2, 0.25) is 6.41 Å². The summed E-state index contributed by atoms with van der Waals surface area (Å²) in [5, 5.41) is 13.0. The monoisotopic (exact) mass is 568 g/mol. The van der Waals surface area contributed by atoms with Gasteiger partial charge in [-0.25, -0.2) is 19.2 Å². The molecule has 212 valence electrons. The summed E-state index contributed by atoms with van der Waals surface area (Å²) < 4.78 is 9.86. The van der Waals surface area contributed by atoms with E-state index in [-0.39, 0.29) is 18.0 Å². The number of hydrogen-bond donors (Lipinski definition) is 1. The van der Waals surface area contributed by atoms with Gasteiger partial charge in [0.25, 0.3) is 0 Å². The van der Waals surface area contributed by atoms with Gasteiger partial charge in [-0.2, -0.15) is 0 Å². The van der Waals surface area contributed by atoms with Gasteiger partial charge in [0.15, 0.2) is 0 Å². The third kappa shape index (κ3) is 5.95. The van der Waals surface area contributed by atoms with Crippen molar-refractivity contribution in [2.75, 3.05) is 33.3 Å². The Balaban J connectivity index is 0.00000370. The van der Waals surface area contributed by atoms with E-state index < -0.39 is 18.0 Å². The number of urea groups is 1. The van der Waals surface area contributed by atoms with Crippen molar-refractivity contribution in [3.8, 4) is 0 Å². The maximum Gasteiger partial charge on any atom is 0.341 e. The van der Waals surface area contributed by atoms with Gasteiger partial charge in [-0.3, -0.25) is 9.80 Å². The van der Waals surface area contributed by atoms with Crippen LogP contribution < -0.4 is 5.32 Å². The third-order valence-corrected chi connectivity index (χ3v) is 7.54. The number of hydrazine groups is 1. The van der Waals surface area contributed by atoms with Crippen LogP contribution in [0.5, 0.6) is 0 Å². The Kier molecular flexibility index (Phi) is 9.38. The van der Waals surface area contributed by atoms with E-state index in [1.54, 1.807) is 25.1 Å². The van der Waals surface area contributed by atoms with E-state index in [0.29, 0.717) is 47.6 Å². The van der Waals surface area contributed by atoms with Crippen LogP contribution in [-0.2, 0) is 14.3 Å². The summed E-state index contributed by atoms with van der Waals surface area (Å²) in [6.07, 6.45) is 3.46. The number of benzene rings is 2. The maximum absolute atomic E-state index is 13.3. The smallest absolute Gasteiger partial charge is 0.341 e. The number of methoxy groups -OCH3 is 1. The lowest BCUT2D eigenvalue weighted by molar-refractivity contribution is -0.141. The summed E-state index contributed by atoms with van der Waals surface area (Å²) in [7, 11) is 1.28. The van der Waals surface area contributed by atoms with Crippen LogP contribution in [-0.4, -0.2) is 76.9 Å². The van der Waals surface area contributed by atoms with Crippen molar-refractivity contribution in [1.82, 2.24) is 30.5 Å². The molecule has 0 bridgehead atoms. The van der Waals surface area contributed by atoms with Crippen molar-refractivity contribution in [2.45, 2.75) is 38.1 Å². The van der Waals surface area contributed by atoms with Gasteiger partial charge in [0.05, 0.1) is 12.7 Å². The third-order valence-electron chi connectivity index (χ3n) is 7.54. The van der Waals surface area contributed by atoms with Crippen LogP contribution in [0, 0.1) is 0 Å². The maximum atomic E-state index is 13.3. The molecule has 12 heteroatoms. The molecule has 0 saturated carbocycles. The van der Waals surface area contributed by atoms with Crippen molar-refractivity contribution < 1.29 is 23.7 Å². The quantitative estimate of drug-likeness (QED) is 0.306. The zero-order valence-electron chi connectivity index (χ0n) is 22.5. The molecule has 11 nitrogen and oxygen atoms in total. The topological polar surface area (TPSA) is 121 Å². The molecule has 2 aliphatic rings. The highest BCUT2D eigenvalue weighted by Crippen LogP contribution is 2.36. The molecule has 1 saturated heterocycles. The molecule has 2 aromatic carbocycles. The summed E-state index contributed by atoms with van der Waals surface area (Å²) in [4.78, 5) is 40.9. The van der Waals surface area contributed by atoms with E-state index in [1.807, 2.05) is 6.07 Å². The van der Waals surface area contributed by atoms with E-state index in [9.17, 15) is 14.4 Å². The summed E-state index contributed by atoms with van der Waals surface area (Å²) in [5.74, 6) is -0.0382. The van der Waals surface area contributed by atoms with Crippen LogP contribution in [0.25, 0.3) is 11.0 Å². The number of nitrogens with zero attached hydrogens (tertiary/aromatic N) is 5. The van der Waals surface area contributed by atoms with Gasteiger partial charge >= 0.3 is 12.0 Å². The van der Waals surface area contributed by atoms with E-state index in [1.165, 1.54) is 22.7 Å². The Bertz CT molecular complexity index is 1370. The largest absolute Gasteiger partial charge is 0.466 e. The number of hydrogen-bond acceptors (Lipinski definition) is 8. The van der Waals surface area contributed by atoms with Crippen LogP contribution in [0.15, 0.2) is 64.4 Å². The van der Waals surface area contributed by atoms with E-state index in [2.05, 4.69) is 44.8 Å². The second kappa shape index (κ2) is 12.9. The molecular formula is C28H33ClN6O5. The molecule has 1 unspecified atom stereocenters. The number of aromatic nitrogens is 2. The minimum absolute atomic E-state index is 0. The number of likely N-dealkylation sites (tertiary alicyclic amines) is 1. The molecule has 0 radical (unpaired) electrons. The second-order valence-electron chi connectivity index (χ2n) is 9.87. The lowest BCUT2D eigenvalue weighted by Gasteiger charge is -2.42. The SMILES string of the molecule is COC(=O)C1=C(C)NC(=O)N(N(C=O)CCCN2CCC(c3ccccc3)CC2)C1c1ccc2nonc2c1.Cl. The highest BCUT2D eigenvalue weighted by atomic mass is 35.5. The number of piperidine rings is 1. The first-order valence-corrected chi connectivity index (χ1v) is 13.1. The van der Waals surface area contributed by atoms with Crippen LogP contribution in [0.1, 0.15) is 49.3 Å². The van der Waals surface area contributed by atoms with Gasteiger partial charge in [0, 0.05) is 12.2 Å². The number of ether oxygens (including phenoxy) is 1. The summed E-state index contributed by atoms with van der Waals surface area (Å²) in [6, 6.07) is 14.3. The number of fused-ring (bicyclic) bond motifs is 1. The standard InChI is InChI=1S/C28H32N6O5.ClH/c1-19-25(27(36)38-2)26(22-9-10-23-24(17-22)31-39-30-23)34(28(37)29-19)33(18-35)14-6-13-32-15-11-21(12-16-32)20-7-4-3-5-8-20;/h3-5,7-10,17-18,21,26H,6,11-16H2,1-2H3,(H,29,37);1H. The van der Waals surface area contributed by atoms with Crippen LogP contribution in [0.4, 0.5) is 4.79 Å². The number of allylic oxidation sites excluding steroid dienone is 1. The van der Waals surface area contributed by atoms with Crippen molar-refractivity contribution in [1.29, 1.82) is 0 Å². The van der Waals surface area contributed by atoms with E-state index >= 15 is 0 Å². The predicted molar refractivity (Wildman–Crippen MR) is 149 cm³/mol. The molecule has 1 fully saturated rings. The number of amides is 3. The molecule has 1 atom stereocenters. The Morgan fingerprint density at radius 3 is 2.55 bits per heavy atom. The minimum Gasteiger partial charge on any atom is -0.466 e. The molecule has 3 amide bonds. The first kappa shape index (κ1) is 29.0. The van der Waals surface area contributed by atoms with Crippen LogP contribution in [0.3, 0.4) is 0 Å². The Morgan fingerprint density at radius 1 is 1.12 bits per heavy atom. The first-order chi connectivity index (χ1) is 19.0. The van der Waals surface area contributed by atoms with Gasteiger partial charge in [-0.05, 0) is 85.3 Å². The van der Waals surface area contributed by atoms with Gasteiger partial charge < -0.3 is 15.0 Å². The van der Waals surface area contributed by atoms with E-state index in [4.69, 9.17) is 9.37 Å². The molecule has 2 aliphatic heterocycles. The fraction of sp³-hybridized carbons (Fsp3) is 0.393. The van der Waals surface area contributed by atoms with Gasteiger partial charge in [-0.1, -0.05) is 36.4 Å². The number of rotatable bonds is 9. The molecule has 3 aromatic rings. The lowest BCUT2D eigenvalue weighted by Crippen LogP contribution is -2.56. The summed E-state index contributed by atoms with van der Waals surface area (Å²) >= 11 is 0. The molecule has 40 heavy (non-hydrogen) atoms. The minimum atomic E-state index is -0.904. The van der Waals surface area contributed by atoms with Crippen molar-refractivity contribution in [3.05, 3.63) is 70.9 Å². The zero-order chi connectivity index (χ0) is 27.4. The van der Waals surface area contributed by atoms with Gasteiger partial charge in [0.1, 0.15) is 17.1 Å². The fourth-order valence-electron chi connectivity index (χ4n) is 5.53. The lowest BCUT2D eigenvalue weighted by atomic mass is 9.89. The predicted octanol–water partition coefficient (Wildman–Crippen LogP) is 3.80. The average Bonchev–Trinajstić information content (AvgIpc) is 3.44. The Morgan fingerprint density at radius 2 is 1.85 bits per heavy atom. The fourth-order valence-corrected chi connectivity index (χ4v) is 5.53. The average molecular weight is 569 g/mol. The number of carbonyl (C=O) groups is 3. The van der Waals surface area contributed by atoms with Crippen LogP contribution in [0.2, 0.25) is 0 Å². The van der Waals surface area contributed by atoms with Crippen LogP contribution >= 0.6 is 12.4 Å². The second-order valence-corrected chi connectivity index (χ2v) is 9.87. The highest BCUT2D eigenvalue weighted by molar-refractivity contribution is 5.95. The van der Waals surface area contributed by atoms with Gasteiger partial charge in [-0.15, -0.1) is 12.4 Å². The number of halogens is 1. The molecule has 0 aliphatic carbocycles. The number of esters is 1. The number of nitrogens with one attached hydrogen (secondary N) is 1. The molecule has 1 N–H and O–H groups in total. The van der Waals surface area contributed by atoms with Crippen molar-refractivity contribution >= 4 is 41.9 Å². The molecule has 3 heterocycles. The summed E-state index contributed by atoms with van der Waals surface area (Å²) in [6.45, 7) is 4.69. The molecule has 5 rings (SSSR count). The van der Waals surface area contributed by atoms with Crippen molar-refractivity contribution in [3.63, 3.8) is 0 Å². The summed E-state index contributed by atoms with van der Waals surface area (Å²) in [5.41, 5.74) is 3.55. The Labute approximate surface area is 238 Å². The van der Waals surface area contributed by atoms with Crippen molar-refractivity contribution in [2.24, 2.45) is 0 Å². The molecular weight excluding hydrogens is 536 g/mol. The normalized spacial score (nSPS) is 18.3. The zero-order valence-corrected chi connectivity index (χ0v) is 23.3. The Hall–Kier alpha value is -3.96.